The molecule has 1 heterocycles. The summed E-state index contributed by atoms with van der Waals surface area (Å²) in [5.41, 5.74) is 3.57. The molecule has 2 aliphatic rings. The summed E-state index contributed by atoms with van der Waals surface area (Å²) in [6.07, 6.45) is 18.8. The van der Waals surface area contributed by atoms with Crippen LogP contribution < -0.4 is 15.4 Å². The van der Waals surface area contributed by atoms with Gasteiger partial charge in [-0.1, -0.05) is 31.1 Å². The highest BCUT2D eigenvalue weighted by atomic mass is 16.5. The van der Waals surface area contributed by atoms with Gasteiger partial charge in [-0.3, -0.25) is 4.79 Å². The highest BCUT2D eigenvalue weighted by Crippen LogP contribution is 2.21. The number of aromatic nitrogens is 1. The van der Waals surface area contributed by atoms with Crippen molar-refractivity contribution >= 4 is 12.1 Å². The Morgan fingerprint density at radius 1 is 1.31 bits per heavy atom. The highest BCUT2D eigenvalue weighted by Gasteiger charge is 2.19. The number of rotatable bonds is 8. The summed E-state index contributed by atoms with van der Waals surface area (Å²) >= 11 is 0. The second-order valence-electron chi connectivity index (χ2n) is 7.24. The molecule has 0 aromatic carbocycles. The van der Waals surface area contributed by atoms with Crippen LogP contribution in [0.1, 0.15) is 48.2 Å². The third kappa shape index (κ3) is 6.17. The van der Waals surface area contributed by atoms with Crippen LogP contribution in [0.3, 0.4) is 0 Å². The number of methoxy groups -OCH3 is 1. The van der Waals surface area contributed by atoms with E-state index in [1.54, 1.807) is 19.4 Å². The van der Waals surface area contributed by atoms with Crippen LogP contribution in [0.5, 0.6) is 5.88 Å². The summed E-state index contributed by atoms with van der Waals surface area (Å²) in [5.74, 6) is 0.318. The molecule has 1 aromatic heterocycles. The number of hydrogen-bond donors (Lipinski definition) is 3. The number of nitrogens with one attached hydrogen (secondary N) is 3. The molecule has 0 unspecified atom stereocenters. The van der Waals surface area contributed by atoms with Crippen molar-refractivity contribution in [3.05, 3.63) is 71.2 Å². The molecule has 6 heteroatoms. The molecular weight excluding hydrogens is 364 g/mol. The Morgan fingerprint density at radius 2 is 2.14 bits per heavy atom. The number of allylic oxidation sites excluding steroid dienone is 6. The van der Waals surface area contributed by atoms with E-state index in [1.807, 2.05) is 18.2 Å². The molecule has 3 N–H and O–H groups in total. The molecule has 1 amide bonds. The van der Waals surface area contributed by atoms with Crippen molar-refractivity contribution in [2.75, 3.05) is 7.11 Å². The summed E-state index contributed by atoms with van der Waals surface area (Å²) < 4.78 is 5.33. The van der Waals surface area contributed by atoms with Crippen LogP contribution in [0, 0.1) is 5.41 Å². The fourth-order valence-electron chi connectivity index (χ4n) is 3.54. The number of pyridine rings is 1. The lowest BCUT2D eigenvalue weighted by molar-refractivity contribution is 0.0932. The number of hydrogen-bond acceptors (Lipinski definition) is 5. The van der Waals surface area contributed by atoms with Crippen molar-refractivity contribution in [1.82, 2.24) is 15.6 Å². The van der Waals surface area contributed by atoms with E-state index < -0.39 is 0 Å². The molecule has 0 saturated heterocycles. The Morgan fingerprint density at radius 3 is 2.90 bits per heavy atom. The third-order valence-electron chi connectivity index (χ3n) is 5.03. The summed E-state index contributed by atoms with van der Waals surface area (Å²) in [7, 11) is 1.57. The number of ether oxygens (including phenoxy) is 1. The van der Waals surface area contributed by atoms with Gasteiger partial charge in [-0.15, -0.1) is 0 Å². The van der Waals surface area contributed by atoms with Crippen LogP contribution in [0.15, 0.2) is 60.0 Å². The first-order chi connectivity index (χ1) is 14.2. The quantitative estimate of drug-likeness (QED) is 0.587. The van der Waals surface area contributed by atoms with E-state index in [4.69, 9.17) is 10.1 Å². The Labute approximate surface area is 172 Å². The van der Waals surface area contributed by atoms with Crippen LogP contribution in [0.2, 0.25) is 0 Å². The van der Waals surface area contributed by atoms with Gasteiger partial charge >= 0.3 is 0 Å². The minimum atomic E-state index is -0.133. The first-order valence-electron chi connectivity index (χ1n) is 10.0. The van der Waals surface area contributed by atoms with E-state index in [9.17, 15) is 4.79 Å². The maximum Gasteiger partial charge on any atom is 0.270 e. The lowest BCUT2D eigenvalue weighted by Gasteiger charge is -2.13. The van der Waals surface area contributed by atoms with E-state index in [-0.39, 0.29) is 11.9 Å². The van der Waals surface area contributed by atoms with Gasteiger partial charge in [0, 0.05) is 36.6 Å². The molecule has 2 aliphatic carbocycles. The minimum absolute atomic E-state index is 0.133. The molecule has 0 spiro atoms. The van der Waals surface area contributed by atoms with Gasteiger partial charge in [-0.05, 0) is 48.6 Å². The number of amides is 1. The molecule has 6 nitrogen and oxygen atoms in total. The molecule has 1 saturated carbocycles. The first kappa shape index (κ1) is 20.6. The van der Waals surface area contributed by atoms with Crippen molar-refractivity contribution in [3.8, 4) is 5.88 Å². The van der Waals surface area contributed by atoms with E-state index in [2.05, 4.69) is 33.8 Å². The van der Waals surface area contributed by atoms with Gasteiger partial charge in [0.15, 0.2) is 0 Å². The van der Waals surface area contributed by atoms with E-state index in [1.165, 1.54) is 19.1 Å². The summed E-state index contributed by atoms with van der Waals surface area (Å²) in [6.45, 7) is 0. The molecule has 152 valence electrons. The smallest absolute Gasteiger partial charge is 0.270 e. The van der Waals surface area contributed by atoms with Gasteiger partial charge < -0.3 is 20.8 Å². The van der Waals surface area contributed by atoms with Crippen LogP contribution in [-0.2, 0) is 6.42 Å². The molecular formula is C23H28N4O2. The van der Waals surface area contributed by atoms with Gasteiger partial charge in [0.2, 0.25) is 5.88 Å². The SMILES string of the molecule is COc1cc(CC2=CC=C(N/C=C\C=N)CC=C2)cc(C(=O)NC2CCCC2)n1. The molecule has 0 radical (unpaired) electrons. The van der Waals surface area contributed by atoms with Crippen LogP contribution in [0.4, 0.5) is 0 Å². The summed E-state index contributed by atoms with van der Waals surface area (Å²) in [4.78, 5) is 17.0. The van der Waals surface area contributed by atoms with Crippen molar-refractivity contribution in [2.45, 2.75) is 44.6 Å². The van der Waals surface area contributed by atoms with Crippen molar-refractivity contribution < 1.29 is 9.53 Å². The minimum Gasteiger partial charge on any atom is -0.481 e. The topological polar surface area (TPSA) is 87.1 Å². The molecule has 1 fully saturated rings. The van der Waals surface area contributed by atoms with Crippen LogP contribution >= 0.6 is 0 Å². The zero-order valence-electron chi connectivity index (χ0n) is 16.8. The van der Waals surface area contributed by atoms with Crippen LogP contribution in [0.25, 0.3) is 0 Å². The average molecular weight is 393 g/mol. The predicted octanol–water partition coefficient (Wildman–Crippen LogP) is 3.83. The second-order valence-corrected chi connectivity index (χ2v) is 7.24. The van der Waals surface area contributed by atoms with Crippen molar-refractivity contribution in [3.63, 3.8) is 0 Å². The standard InChI is InChI=1S/C23H28N4O2/c1-29-22-16-18(15-21(27-22)23(28)26-20-7-2-3-8-20)14-17-6-4-9-19(11-10-17)25-13-5-12-24/h4-6,10-13,15-16,20,24-25H,2-3,7-9,14H2,1H3,(H,26,28)/b13-5-,24-12?. The van der Waals surface area contributed by atoms with Gasteiger partial charge in [0.25, 0.3) is 5.91 Å². The van der Waals surface area contributed by atoms with Crippen LogP contribution in [-0.4, -0.2) is 30.3 Å². The average Bonchev–Trinajstić information content (AvgIpc) is 3.14. The van der Waals surface area contributed by atoms with Crippen molar-refractivity contribution in [1.29, 1.82) is 5.41 Å². The van der Waals surface area contributed by atoms with Gasteiger partial charge in [-0.2, -0.15) is 0 Å². The molecule has 29 heavy (non-hydrogen) atoms. The summed E-state index contributed by atoms with van der Waals surface area (Å²) in [5, 5.41) is 13.3. The predicted molar refractivity (Wildman–Crippen MR) is 115 cm³/mol. The fourth-order valence-corrected chi connectivity index (χ4v) is 3.54. The van der Waals surface area contributed by atoms with Gasteiger partial charge in [-0.25, -0.2) is 4.98 Å². The Hall–Kier alpha value is -3.15. The largest absolute Gasteiger partial charge is 0.481 e. The maximum atomic E-state index is 12.6. The fraction of sp³-hybridized carbons (Fsp3) is 0.348. The lowest BCUT2D eigenvalue weighted by atomic mass is 10.0. The lowest BCUT2D eigenvalue weighted by Crippen LogP contribution is -2.33. The highest BCUT2D eigenvalue weighted by molar-refractivity contribution is 5.92. The Balaban J connectivity index is 1.73. The second kappa shape index (κ2) is 10.4. The number of carbonyl (C=O) groups excluding carboxylic acids is 1. The van der Waals surface area contributed by atoms with Crippen molar-refractivity contribution in [2.24, 2.45) is 0 Å². The Kier molecular flexibility index (Phi) is 7.39. The normalized spacial score (nSPS) is 16.9. The molecule has 1 aromatic rings. The Bertz CT molecular complexity index is 862. The van der Waals surface area contributed by atoms with E-state index >= 15 is 0 Å². The monoisotopic (exact) mass is 392 g/mol. The van der Waals surface area contributed by atoms with E-state index in [0.29, 0.717) is 18.0 Å². The molecule has 3 rings (SSSR count). The van der Waals surface area contributed by atoms with Gasteiger partial charge in [0.05, 0.1) is 7.11 Å². The first-order valence-corrected chi connectivity index (χ1v) is 10.0. The maximum absolute atomic E-state index is 12.6. The number of nitrogens with zero attached hydrogens (tertiary/aromatic N) is 1. The zero-order chi connectivity index (χ0) is 20.5. The third-order valence-corrected chi connectivity index (χ3v) is 5.03. The van der Waals surface area contributed by atoms with E-state index in [0.717, 1.165) is 36.1 Å². The zero-order valence-corrected chi connectivity index (χ0v) is 16.8. The molecule has 0 aliphatic heterocycles. The number of carbonyl (C=O) groups is 1. The molecule has 0 atom stereocenters. The van der Waals surface area contributed by atoms with Gasteiger partial charge in [0.1, 0.15) is 5.69 Å². The summed E-state index contributed by atoms with van der Waals surface area (Å²) in [6, 6.07) is 3.98. The molecule has 0 bridgehead atoms.